The summed E-state index contributed by atoms with van der Waals surface area (Å²) in [6.07, 6.45) is 14.8. The molecular formula is C29H39N3O2. The molecule has 0 radical (unpaired) electrons. The number of rotatable bonds is 8. The van der Waals surface area contributed by atoms with E-state index in [1.165, 1.54) is 23.3 Å². The van der Waals surface area contributed by atoms with Crippen molar-refractivity contribution in [3.63, 3.8) is 0 Å². The fourth-order valence-corrected chi connectivity index (χ4v) is 5.32. The zero-order valence-electron chi connectivity index (χ0n) is 21.1. The molecule has 0 saturated heterocycles. The van der Waals surface area contributed by atoms with Gasteiger partial charge in [0.05, 0.1) is 16.8 Å². The monoisotopic (exact) mass is 461 g/mol. The van der Waals surface area contributed by atoms with Gasteiger partial charge in [0.25, 0.3) is 5.91 Å². The van der Waals surface area contributed by atoms with Crippen LogP contribution in [0.5, 0.6) is 0 Å². The molecule has 5 nitrogen and oxygen atoms in total. The Labute approximate surface area is 203 Å². The van der Waals surface area contributed by atoms with Gasteiger partial charge in [0.2, 0.25) is 0 Å². The quantitative estimate of drug-likeness (QED) is 0.389. The van der Waals surface area contributed by atoms with Crippen LogP contribution in [0.4, 0.5) is 0 Å². The lowest BCUT2D eigenvalue weighted by Gasteiger charge is -2.41. The number of fused-ring (bicyclic) bond motifs is 2. The molecule has 2 aromatic heterocycles. The first-order chi connectivity index (χ1) is 16.3. The van der Waals surface area contributed by atoms with Crippen molar-refractivity contribution in [1.29, 1.82) is 0 Å². The van der Waals surface area contributed by atoms with Crippen LogP contribution >= 0.6 is 0 Å². The molecule has 0 fully saturated rings. The van der Waals surface area contributed by atoms with Crippen LogP contribution in [0.25, 0.3) is 11.0 Å². The predicted octanol–water partition coefficient (Wildman–Crippen LogP) is 6.58. The maximum absolute atomic E-state index is 12.7. The van der Waals surface area contributed by atoms with E-state index in [9.17, 15) is 9.90 Å². The first kappa shape index (κ1) is 24.3. The zero-order chi connectivity index (χ0) is 24.3. The number of amides is 1. The fraction of sp³-hybridized carbons (Fsp3) is 0.517. The van der Waals surface area contributed by atoms with Gasteiger partial charge in [0.15, 0.2) is 0 Å². The summed E-state index contributed by atoms with van der Waals surface area (Å²) in [5.74, 6) is 1.59. The maximum atomic E-state index is 12.7. The van der Waals surface area contributed by atoms with Crippen molar-refractivity contribution < 1.29 is 9.90 Å². The first-order valence-corrected chi connectivity index (χ1v) is 12.8. The van der Waals surface area contributed by atoms with Crippen molar-refractivity contribution in [1.82, 2.24) is 15.3 Å². The number of allylic oxidation sites excluding steroid dienone is 5. The van der Waals surface area contributed by atoms with Gasteiger partial charge in [-0.05, 0) is 86.5 Å². The second-order valence-electron chi connectivity index (χ2n) is 10.7. The van der Waals surface area contributed by atoms with Crippen molar-refractivity contribution in [2.24, 2.45) is 17.3 Å². The Bertz CT molecular complexity index is 1140. The second kappa shape index (κ2) is 10.2. The third kappa shape index (κ3) is 5.29. The molecular weight excluding hydrogens is 422 g/mol. The normalized spacial score (nSPS) is 19.6. The van der Waals surface area contributed by atoms with Crippen molar-refractivity contribution >= 4 is 16.9 Å². The summed E-state index contributed by atoms with van der Waals surface area (Å²) in [6, 6.07) is 4.10. The van der Waals surface area contributed by atoms with Crippen LogP contribution in [0.15, 0.2) is 47.8 Å². The minimum Gasteiger partial charge on any atom is -0.512 e. The fourth-order valence-electron chi connectivity index (χ4n) is 5.32. The Morgan fingerprint density at radius 2 is 2.12 bits per heavy atom. The molecule has 182 valence electrons. The lowest BCUT2D eigenvalue weighted by atomic mass is 9.63. The van der Waals surface area contributed by atoms with Crippen LogP contribution < -0.4 is 5.32 Å². The molecule has 0 bridgehead atoms. The summed E-state index contributed by atoms with van der Waals surface area (Å²) in [7, 11) is 0. The van der Waals surface area contributed by atoms with Gasteiger partial charge in [0.1, 0.15) is 5.69 Å². The molecule has 0 aliphatic heterocycles. The average Bonchev–Trinajstić information content (AvgIpc) is 3.24. The van der Waals surface area contributed by atoms with E-state index in [0.29, 0.717) is 36.3 Å². The number of hydrogen-bond acceptors (Lipinski definition) is 3. The SMILES string of the molecule is C/C=C/CC(C)C(C)(C)C1CCc2nc3cc(C(=O)NCCC4=CC=C(O)CC4)[nH]c3cc2C1. The number of H-pyrrole nitrogens is 1. The van der Waals surface area contributed by atoms with Gasteiger partial charge in [0, 0.05) is 18.7 Å². The van der Waals surface area contributed by atoms with Crippen LogP contribution in [-0.4, -0.2) is 27.5 Å². The van der Waals surface area contributed by atoms with Crippen molar-refractivity contribution in [2.75, 3.05) is 6.54 Å². The molecule has 34 heavy (non-hydrogen) atoms. The van der Waals surface area contributed by atoms with Crippen LogP contribution in [0.2, 0.25) is 0 Å². The van der Waals surface area contributed by atoms with E-state index in [2.05, 4.69) is 56.2 Å². The molecule has 0 saturated carbocycles. The summed E-state index contributed by atoms with van der Waals surface area (Å²) in [5.41, 5.74) is 6.41. The third-order valence-electron chi connectivity index (χ3n) is 8.20. The number of aromatic nitrogens is 2. The Kier molecular flexibility index (Phi) is 7.30. The summed E-state index contributed by atoms with van der Waals surface area (Å²) < 4.78 is 0. The number of pyridine rings is 1. The highest BCUT2D eigenvalue weighted by atomic mass is 16.3. The van der Waals surface area contributed by atoms with E-state index in [4.69, 9.17) is 4.98 Å². The number of aromatic amines is 1. The molecule has 1 amide bonds. The Morgan fingerprint density at radius 3 is 2.85 bits per heavy atom. The second-order valence-corrected chi connectivity index (χ2v) is 10.7. The number of carbonyl (C=O) groups excluding carboxylic acids is 1. The summed E-state index contributed by atoms with van der Waals surface area (Å²) in [5, 5.41) is 12.5. The van der Waals surface area contributed by atoms with Gasteiger partial charge >= 0.3 is 0 Å². The van der Waals surface area contributed by atoms with E-state index in [1.807, 2.05) is 12.1 Å². The highest BCUT2D eigenvalue weighted by molar-refractivity contribution is 5.97. The number of aliphatic hydroxyl groups is 1. The van der Waals surface area contributed by atoms with Gasteiger partial charge in [-0.15, -0.1) is 0 Å². The van der Waals surface area contributed by atoms with Crippen LogP contribution in [0, 0.1) is 17.3 Å². The van der Waals surface area contributed by atoms with E-state index in [1.54, 1.807) is 6.08 Å². The number of carbonyl (C=O) groups is 1. The number of aryl methyl sites for hydroxylation is 1. The molecule has 4 rings (SSSR count). The summed E-state index contributed by atoms with van der Waals surface area (Å²) in [6.45, 7) is 9.89. The number of hydrogen-bond donors (Lipinski definition) is 3. The molecule has 2 heterocycles. The average molecular weight is 462 g/mol. The molecule has 0 spiro atoms. The highest BCUT2D eigenvalue weighted by Crippen LogP contribution is 2.44. The lowest BCUT2D eigenvalue weighted by Crippen LogP contribution is -2.35. The number of aliphatic hydroxyl groups excluding tert-OH is 1. The minimum atomic E-state index is -0.0948. The standard InChI is InChI=1S/C29H39N3O2/c1-5-6-7-19(2)29(3,4)22-10-13-24-21(16-22)17-25-26(31-24)18-27(32-25)28(34)30-15-14-20-8-11-23(33)12-9-20/h5-6,8,11,17-19,22,32-33H,7,9-10,12-16H2,1-4H3,(H,30,34)/b6-5+. The largest absolute Gasteiger partial charge is 0.512 e. The van der Waals surface area contributed by atoms with Crippen LogP contribution in [-0.2, 0) is 12.8 Å². The smallest absolute Gasteiger partial charge is 0.267 e. The Hall–Kier alpha value is -2.82. The molecule has 2 aliphatic rings. The van der Waals surface area contributed by atoms with E-state index < -0.39 is 0 Å². The van der Waals surface area contributed by atoms with Gasteiger partial charge in [-0.25, -0.2) is 0 Å². The summed E-state index contributed by atoms with van der Waals surface area (Å²) >= 11 is 0. The van der Waals surface area contributed by atoms with Crippen LogP contribution in [0.3, 0.4) is 0 Å². The Morgan fingerprint density at radius 1 is 1.29 bits per heavy atom. The van der Waals surface area contributed by atoms with Gasteiger partial charge in [-0.2, -0.15) is 0 Å². The molecule has 2 aromatic rings. The number of nitrogens with one attached hydrogen (secondary N) is 2. The van der Waals surface area contributed by atoms with Crippen molar-refractivity contribution in [3.8, 4) is 0 Å². The third-order valence-corrected chi connectivity index (χ3v) is 8.20. The minimum absolute atomic E-state index is 0.0948. The molecule has 2 atom stereocenters. The maximum Gasteiger partial charge on any atom is 0.267 e. The van der Waals surface area contributed by atoms with Gasteiger partial charge in [-0.1, -0.05) is 44.6 Å². The van der Waals surface area contributed by atoms with E-state index in [0.717, 1.165) is 43.1 Å². The predicted molar refractivity (Wildman–Crippen MR) is 139 cm³/mol. The summed E-state index contributed by atoms with van der Waals surface area (Å²) in [4.78, 5) is 21.0. The highest BCUT2D eigenvalue weighted by Gasteiger charge is 2.36. The topological polar surface area (TPSA) is 78.0 Å². The lowest BCUT2D eigenvalue weighted by molar-refractivity contribution is 0.0950. The molecule has 0 aromatic carbocycles. The van der Waals surface area contributed by atoms with E-state index >= 15 is 0 Å². The van der Waals surface area contributed by atoms with E-state index in [-0.39, 0.29) is 11.3 Å². The Balaban J connectivity index is 1.42. The van der Waals surface area contributed by atoms with Crippen LogP contribution in [0.1, 0.15) is 81.5 Å². The molecule has 3 N–H and O–H groups in total. The first-order valence-electron chi connectivity index (χ1n) is 12.8. The number of nitrogens with zero attached hydrogens (tertiary/aromatic N) is 1. The van der Waals surface area contributed by atoms with Gasteiger partial charge < -0.3 is 15.4 Å². The van der Waals surface area contributed by atoms with Crippen molar-refractivity contribution in [2.45, 2.75) is 72.6 Å². The zero-order valence-corrected chi connectivity index (χ0v) is 21.1. The van der Waals surface area contributed by atoms with Gasteiger partial charge in [-0.3, -0.25) is 9.78 Å². The molecule has 2 unspecified atom stereocenters. The van der Waals surface area contributed by atoms with Crippen molar-refractivity contribution in [3.05, 3.63) is 64.7 Å². The molecule has 5 heteroatoms. The molecule has 2 aliphatic carbocycles.